The largest absolute Gasteiger partial charge is 0.480 e. The van der Waals surface area contributed by atoms with Gasteiger partial charge in [-0.15, -0.1) is 0 Å². The lowest BCUT2D eigenvalue weighted by atomic mass is 10.1. The molecule has 4 nitrogen and oxygen atoms in total. The number of ether oxygens (including phenoxy) is 1. The molecule has 0 aliphatic carbocycles. The molecule has 1 rings (SSSR count). The standard InChI is InChI=1S/C13H17F2NO3/c1-9(10-5-11(14)7-12(15)6-10)16(3-4-19-2)8-13(17)18/h5-7,9H,3-4,8H2,1-2H3,(H,17,18). The Kier molecular flexibility index (Phi) is 5.85. The first-order chi connectivity index (χ1) is 8.93. The highest BCUT2D eigenvalue weighted by Gasteiger charge is 2.19. The van der Waals surface area contributed by atoms with Crippen LogP contribution in [-0.4, -0.2) is 42.8 Å². The van der Waals surface area contributed by atoms with Crippen LogP contribution >= 0.6 is 0 Å². The van der Waals surface area contributed by atoms with Gasteiger partial charge in [0.1, 0.15) is 11.6 Å². The van der Waals surface area contributed by atoms with Crippen molar-refractivity contribution in [3.8, 4) is 0 Å². The van der Waals surface area contributed by atoms with E-state index in [1.807, 2.05) is 0 Å². The van der Waals surface area contributed by atoms with Gasteiger partial charge < -0.3 is 9.84 Å². The van der Waals surface area contributed by atoms with Crippen molar-refractivity contribution in [1.82, 2.24) is 4.90 Å². The van der Waals surface area contributed by atoms with Gasteiger partial charge in [0.2, 0.25) is 0 Å². The fraction of sp³-hybridized carbons (Fsp3) is 0.462. The normalized spacial score (nSPS) is 12.7. The van der Waals surface area contributed by atoms with E-state index in [0.717, 1.165) is 6.07 Å². The van der Waals surface area contributed by atoms with Crippen LogP contribution in [0.1, 0.15) is 18.5 Å². The van der Waals surface area contributed by atoms with Gasteiger partial charge in [0.25, 0.3) is 0 Å². The van der Waals surface area contributed by atoms with Gasteiger partial charge in [0.15, 0.2) is 0 Å². The second kappa shape index (κ2) is 7.16. The molecule has 19 heavy (non-hydrogen) atoms. The van der Waals surface area contributed by atoms with Crippen molar-refractivity contribution in [1.29, 1.82) is 0 Å². The first-order valence-electron chi connectivity index (χ1n) is 5.84. The van der Waals surface area contributed by atoms with E-state index in [1.165, 1.54) is 19.2 Å². The number of hydrogen-bond acceptors (Lipinski definition) is 3. The summed E-state index contributed by atoms with van der Waals surface area (Å²) >= 11 is 0. The predicted molar refractivity (Wildman–Crippen MR) is 65.9 cm³/mol. The summed E-state index contributed by atoms with van der Waals surface area (Å²) in [7, 11) is 1.51. The van der Waals surface area contributed by atoms with Crippen LogP contribution in [0, 0.1) is 11.6 Å². The number of methoxy groups -OCH3 is 1. The van der Waals surface area contributed by atoms with E-state index >= 15 is 0 Å². The molecule has 0 bridgehead atoms. The molecule has 0 saturated carbocycles. The zero-order valence-electron chi connectivity index (χ0n) is 10.9. The average molecular weight is 273 g/mol. The van der Waals surface area contributed by atoms with Crippen molar-refractivity contribution in [2.45, 2.75) is 13.0 Å². The molecule has 0 aliphatic heterocycles. The van der Waals surface area contributed by atoms with Crippen molar-refractivity contribution in [3.05, 3.63) is 35.4 Å². The topological polar surface area (TPSA) is 49.8 Å². The summed E-state index contributed by atoms with van der Waals surface area (Å²) in [5, 5.41) is 8.86. The van der Waals surface area contributed by atoms with E-state index in [9.17, 15) is 13.6 Å². The van der Waals surface area contributed by atoms with E-state index in [0.29, 0.717) is 18.7 Å². The molecule has 106 valence electrons. The summed E-state index contributed by atoms with van der Waals surface area (Å²) in [6, 6.07) is 2.77. The number of halogens is 2. The fourth-order valence-electron chi connectivity index (χ4n) is 1.82. The zero-order valence-corrected chi connectivity index (χ0v) is 10.9. The van der Waals surface area contributed by atoms with Crippen LogP contribution in [0.25, 0.3) is 0 Å². The Morgan fingerprint density at radius 1 is 1.37 bits per heavy atom. The van der Waals surface area contributed by atoms with Crippen LogP contribution in [-0.2, 0) is 9.53 Å². The zero-order chi connectivity index (χ0) is 14.4. The Labute approximate surface area is 110 Å². The van der Waals surface area contributed by atoms with Crippen molar-refractivity contribution in [2.24, 2.45) is 0 Å². The van der Waals surface area contributed by atoms with Crippen LogP contribution in [0.3, 0.4) is 0 Å². The highest BCUT2D eigenvalue weighted by molar-refractivity contribution is 5.69. The summed E-state index contributed by atoms with van der Waals surface area (Å²) in [6.07, 6.45) is 0. The number of nitrogens with zero attached hydrogens (tertiary/aromatic N) is 1. The van der Waals surface area contributed by atoms with Crippen molar-refractivity contribution < 1.29 is 23.4 Å². The number of carboxylic acid groups (broad SMARTS) is 1. The van der Waals surface area contributed by atoms with Crippen LogP contribution < -0.4 is 0 Å². The number of aliphatic carboxylic acids is 1. The molecule has 0 aromatic heterocycles. The highest BCUT2D eigenvalue weighted by atomic mass is 19.1. The molecule has 1 N–H and O–H groups in total. The van der Waals surface area contributed by atoms with Gasteiger partial charge in [-0.05, 0) is 24.6 Å². The minimum atomic E-state index is -1.00. The molecular formula is C13H17F2NO3. The van der Waals surface area contributed by atoms with Crippen LogP contribution in [0.5, 0.6) is 0 Å². The van der Waals surface area contributed by atoms with Crippen molar-refractivity contribution >= 4 is 5.97 Å². The second-order valence-corrected chi connectivity index (χ2v) is 4.24. The lowest BCUT2D eigenvalue weighted by Gasteiger charge is -2.27. The number of rotatable bonds is 7. The van der Waals surface area contributed by atoms with Crippen LogP contribution in [0.2, 0.25) is 0 Å². The third-order valence-electron chi connectivity index (χ3n) is 2.84. The maximum atomic E-state index is 13.2. The molecule has 0 aliphatic rings. The van der Waals surface area contributed by atoms with Crippen molar-refractivity contribution in [3.63, 3.8) is 0 Å². The highest BCUT2D eigenvalue weighted by Crippen LogP contribution is 2.21. The van der Waals surface area contributed by atoms with E-state index in [4.69, 9.17) is 9.84 Å². The molecule has 1 unspecified atom stereocenters. The maximum absolute atomic E-state index is 13.2. The second-order valence-electron chi connectivity index (χ2n) is 4.24. The first-order valence-corrected chi connectivity index (χ1v) is 5.84. The van der Waals surface area contributed by atoms with Gasteiger partial charge in [0, 0.05) is 25.8 Å². The summed E-state index contributed by atoms with van der Waals surface area (Å²) in [5.74, 6) is -2.35. The molecule has 0 heterocycles. The lowest BCUT2D eigenvalue weighted by Crippen LogP contribution is -2.35. The summed E-state index contributed by atoms with van der Waals surface area (Å²) in [4.78, 5) is 12.4. The van der Waals surface area contributed by atoms with E-state index < -0.39 is 23.6 Å². The maximum Gasteiger partial charge on any atom is 0.317 e. The van der Waals surface area contributed by atoms with E-state index in [1.54, 1.807) is 11.8 Å². The van der Waals surface area contributed by atoms with Gasteiger partial charge in [-0.25, -0.2) is 8.78 Å². The minimum Gasteiger partial charge on any atom is -0.480 e. The van der Waals surface area contributed by atoms with Gasteiger partial charge in [-0.2, -0.15) is 0 Å². The number of carboxylic acids is 1. The predicted octanol–water partition coefficient (Wildman–Crippen LogP) is 2.06. The molecule has 1 aromatic rings. The lowest BCUT2D eigenvalue weighted by molar-refractivity contribution is -0.139. The van der Waals surface area contributed by atoms with Crippen molar-refractivity contribution in [2.75, 3.05) is 26.8 Å². The van der Waals surface area contributed by atoms with Gasteiger partial charge in [0.05, 0.1) is 13.2 Å². The molecule has 1 aromatic carbocycles. The van der Waals surface area contributed by atoms with Gasteiger partial charge in [-0.3, -0.25) is 9.69 Å². The molecule has 0 fully saturated rings. The van der Waals surface area contributed by atoms with E-state index in [-0.39, 0.29) is 6.54 Å². The minimum absolute atomic E-state index is 0.220. The molecule has 0 amide bonds. The molecule has 0 radical (unpaired) electrons. The quantitative estimate of drug-likeness (QED) is 0.826. The Morgan fingerprint density at radius 3 is 2.42 bits per heavy atom. The molecular weight excluding hydrogens is 256 g/mol. The van der Waals surface area contributed by atoms with Gasteiger partial charge >= 0.3 is 5.97 Å². The summed E-state index contributed by atoms with van der Waals surface area (Å²) < 4.78 is 31.2. The monoisotopic (exact) mass is 273 g/mol. The molecule has 0 spiro atoms. The Bertz CT molecular complexity index is 420. The van der Waals surface area contributed by atoms with Crippen LogP contribution in [0.15, 0.2) is 18.2 Å². The smallest absolute Gasteiger partial charge is 0.317 e. The molecule has 0 saturated heterocycles. The first kappa shape index (κ1) is 15.5. The average Bonchev–Trinajstić information content (AvgIpc) is 2.32. The number of carbonyl (C=O) groups is 1. The summed E-state index contributed by atoms with van der Waals surface area (Å²) in [6.45, 7) is 2.19. The Hall–Kier alpha value is -1.53. The number of benzene rings is 1. The SMILES string of the molecule is COCCN(CC(=O)O)C(C)c1cc(F)cc(F)c1. The third-order valence-corrected chi connectivity index (χ3v) is 2.84. The fourth-order valence-corrected chi connectivity index (χ4v) is 1.82. The Balaban J connectivity index is 2.89. The Morgan fingerprint density at radius 2 is 1.95 bits per heavy atom. The third kappa shape index (κ3) is 4.92. The molecule has 1 atom stereocenters. The number of hydrogen-bond donors (Lipinski definition) is 1. The molecule has 6 heteroatoms. The van der Waals surface area contributed by atoms with E-state index in [2.05, 4.69) is 0 Å². The summed E-state index contributed by atoms with van der Waals surface area (Å²) in [5.41, 5.74) is 0.398. The van der Waals surface area contributed by atoms with Gasteiger partial charge in [-0.1, -0.05) is 0 Å². The van der Waals surface area contributed by atoms with Crippen LogP contribution in [0.4, 0.5) is 8.78 Å².